The van der Waals surface area contributed by atoms with Gasteiger partial charge < -0.3 is 18.6 Å². The molecule has 0 amide bonds. The highest BCUT2D eigenvalue weighted by Crippen LogP contribution is 2.53. The summed E-state index contributed by atoms with van der Waals surface area (Å²) in [6.07, 6.45) is 0. The number of rotatable bonds is 10. The second-order valence-electron chi connectivity index (χ2n) is 33.7. The molecular weight excluding hydrogens is 1640 g/mol. The number of nitrogens with zero attached hydrogens (tertiary/aromatic N) is 4. The first-order chi connectivity index (χ1) is 66.7. The average molecular weight is 1720 g/mol. The molecule has 0 radical (unpaired) electrons. The van der Waals surface area contributed by atoms with Gasteiger partial charge >= 0.3 is 0 Å². The number of thiophene rings is 3. The molecule has 0 aliphatic carbocycles. The molecular formula is C124H78N4S3. The molecule has 131 heavy (non-hydrogen) atoms. The number of hydrogen-bond acceptors (Lipinski definition) is 4. The summed E-state index contributed by atoms with van der Waals surface area (Å²) >= 11 is 5.31. The third kappa shape index (κ3) is 12.5. The van der Waals surface area contributed by atoms with Crippen molar-refractivity contribution in [3.63, 3.8) is 0 Å². The normalized spacial score (nSPS) is 12.2. The number of fused-ring (bicyclic) bond motifs is 27. The summed E-state index contributed by atoms with van der Waals surface area (Å²) in [4.78, 5) is 2.31. The van der Waals surface area contributed by atoms with E-state index in [1.807, 2.05) is 53.0 Å². The van der Waals surface area contributed by atoms with E-state index in [4.69, 9.17) is 5.48 Å². The smallest absolute Gasteiger partial charge is 0.0638 e. The van der Waals surface area contributed by atoms with Crippen LogP contribution in [0.1, 0.15) is 5.48 Å². The summed E-state index contributed by atoms with van der Waals surface area (Å²) in [5.41, 5.74) is 23.8. The van der Waals surface area contributed by atoms with Gasteiger partial charge in [-0.2, -0.15) is 0 Å². The molecule has 0 bridgehead atoms. The molecule has 28 aromatic rings. The molecule has 0 unspecified atom stereocenters. The second-order valence-corrected chi connectivity index (χ2v) is 36.8. The minimum atomic E-state index is -0.186. The van der Waals surface area contributed by atoms with E-state index in [1.165, 1.54) is 178 Å². The molecule has 7 heteroatoms. The zero-order valence-electron chi connectivity index (χ0n) is 74.7. The minimum Gasteiger partial charge on any atom is -0.311 e. The Morgan fingerprint density at radius 2 is 0.626 bits per heavy atom. The largest absolute Gasteiger partial charge is 0.311 e. The van der Waals surface area contributed by atoms with E-state index in [-0.39, 0.29) is 24.2 Å². The Hall–Kier alpha value is -16.3. The van der Waals surface area contributed by atoms with Gasteiger partial charge in [0.1, 0.15) is 0 Å². The molecule has 22 aromatic carbocycles. The summed E-state index contributed by atoms with van der Waals surface area (Å²) < 4.78 is 47.6. The van der Waals surface area contributed by atoms with Crippen molar-refractivity contribution in [2.24, 2.45) is 0 Å². The predicted molar refractivity (Wildman–Crippen MR) is 567 cm³/mol. The van der Waals surface area contributed by atoms with Crippen LogP contribution in [-0.4, -0.2) is 13.7 Å². The van der Waals surface area contributed by atoms with Crippen LogP contribution in [0.25, 0.3) is 231 Å². The maximum absolute atomic E-state index is 8.58. The Labute approximate surface area is 773 Å². The third-order valence-electron chi connectivity index (χ3n) is 26.4. The molecule has 0 spiro atoms. The molecule has 612 valence electrons. The molecule has 0 aliphatic rings. The van der Waals surface area contributed by atoms with E-state index in [2.05, 4.69) is 437 Å². The zero-order chi connectivity index (χ0) is 89.6. The van der Waals surface area contributed by atoms with Crippen LogP contribution in [0.2, 0.25) is 0 Å². The van der Waals surface area contributed by atoms with Crippen LogP contribution in [0.5, 0.6) is 0 Å². The van der Waals surface area contributed by atoms with E-state index in [0.717, 1.165) is 71.1 Å². The SMILES string of the molecule is [2H]c1c([2H])c([2H])c2c(sc3c2ccc2c3c3c4ccccc4ccc3n2-c2ccccc2)c1[2H].c1ccc(-c2ccc3c(c2)c2c4sc5ccc(-c6ccc(N(c7ccccc7)c7ccccc7)cc6)cc5c4cc(-c4cccc5ccccc45)c2n3-c2ccccc2)cc1.c1ccc(-c2cccc3c2sc2c3ccc3c2c2c4ccccc4ccc2n3-c2cccc3ccccc23)cc1. The van der Waals surface area contributed by atoms with Crippen LogP contribution >= 0.6 is 34.0 Å². The molecule has 28 rings (SSSR count). The van der Waals surface area contributed by atoms with Gasteiger partial charge in [0.2, 0.25) is 0 Å². The van der Waals surface area contributed by atoms with Gasteiger partial charge in [-0.25, -0.2) is 0 Å². The summed E-state index contributed by atoms with van der Waals surface area (Å²) in [7, 11) is 0. The zero-order valence-corrected chi connectivity index (χ0v) is 73.2. The first-order valence-electron chi connectivity index (χ1n) is 46.4. The van der Waals surface area contributed by atoms with Gasteiger partial charge in [-0.1, -0.05) is 346 Å². The van der Waals surface area contributed by atoms with Gasteiger partial charge in [0.15, 0.2) is 0 Å². The summed E-state index contributed by atoms with van der Waals surface area (Å²) in [5, 5.41) is 24.1. The lowest BCUT2D eigenvalue weighted by Gasteiger charge is -2.25. The van der Waals surface area contributed by atoms with Gasteiger partial charge in [0.25, 0.3) is 0 Å². The summed E-state index contributed by atoms with van der Waals surface area (Å²) in [5.74, 6) is 0. The lowest BCUT2D eigenvalue weighted by Crippen LogP contribution is -2.09. The fraction of sp³-hybridized carbons (Fsp3) is 0. The van der Waals surface area contributed by atoms with Crippen molar-refractivity contribution in [3.8, 4) is 61.6 Å². The molecule has 6 heterocycles. The van der Waals surface area contributed by atoms with Gasteiger partial charge in [-0.3, -0.25) is 0 Å². The molecule has 0 atom stereocenters. The molecule has 0 fully saturated rings. The molecule has 0 saturated carbocycles. The van der Waals surface area contributed by atoms with Gasteiger partial charge in [-0.05, 0) is 204 Å². The maximum atomic E-state index is 8.58. The van der Waals surface area contributed by atoms with Gasteiger partial charge in [-0.15, -0.1) is 34.0 Å². The minimum absolute atomic E-state index is 0.0262. The van der Waals surface area contributed by atoms with Crippen LogP contribution < -0.4 is 4.90 Å². The molecule has 6 aromatic heterocycles. The fourth-order valence-corrected chi connectivity index (χ4v) is 24.4. The molecule has 0 N–H and O–H groups in total. The van der Waals surface area contributed by atoms with Crippen LogP contribution in [0.15, 0.2) is 473 Å². The maximum Gasteiger partial charge on any atom is 0.0638 e. The van der Waals surface area contributed by atoms with Crippen LogP contribution in [0.4, 0.5) is 17.1 Å². The Morgan fingerprint density at radius 1 is 0.206 bits per heavy atom. The first-order valence-corrected chi connectivity index (χ1v) is 46.9. The second kappa shape index (κ2) is 31.4. The number of hydrogen-bond donors (Lipinski definition) is 0. The number of aromatic nitrogens is 3. The van der Waals surface area contributed by atoms with Crippen molar-refractivity contribution in [1.29, 1.82) is 0 Å². The Kier molecular flexibility index (Phi) is 17.2. The van der Waals surface area contributed by atoms with Crippen LogP contribution in [0.3, 0.4) is 0 Å². The van der Waals surface area contributed by atoms with Gasteiger partial charge in [0, 0.05) is 132 Å². The quantitative estimate of drug-likeness (QED) is 0.133. The van der Waals surface area contributed by atoms with Crippen LogP contribution in [-0.2, 0) is 0 Å². The average Bonchev–Trinajstić information content (AvgIpc) is 1.55. The molecule has 4 nitrogen and oxygen atoms in total. The standard InChI is InChI=1S/C58H38N2S.C38H23NS.C28H17NS/c1-5-16-39(17-6-1)42-30-34-54-53(37-42)56-57(60(54)46-24-11-4-12-25-46)51(49-27-15-19-41-18-13-14-26-48(41)49)38-52-50-36-43(31-35-55(50)61-58(52)56)40-28-32-47(33-29-40)59(44-20-7-2-8-21-44)45-22-9-3-10-23-45;1-2-10-25(11-3-1)29-17-9-18-30-31-21-23-34-36(38(31)40-37(29)30)35-28-16-7-5-13-26(28)20-22-33(35)39(34)32-19-8-14-24-12-4-6-15-27(24)32;1-2-9-19(10-3-1)29-23-16-14-18-8-4-5-11-20(18)26(23)27-24(29)17-15-22-21-12-6-7-13-25(21)30-28(22)27/h1-38H;1-23H;1-17H/i;;6D,7D,12D,13D. The lowest BCUT2D eigenvalue weighted by atomic mass is 9.93. The van der Waals surface area contributed by atoms with E-state index >= 15 is 0 Å². The molecule has 0 aliphatic heterocycles. The first kappa shape index (κ1) is 71.8. The van der Waals surface area contributed by atoms with Crippen molar-refractivity contribution in [2.75, 3.05) is 4.90 Å². The van der Waals surface area contributed by atoms with E-state index < -0.39 is 0 Å². The summed E-state index contributed by atoms with van der Waals surface area (Å²) in [6, 6.07) is 162. The third-order valence-corrected chi connectivity index (χ3v) is 30.1. The van der Waals surface area contributed by atoms with Crippen LogP contribution in [0, 0.1) is 0 Å². The van der Waals surface area contributed by atoms with E-state index in [0.29, 0.717) is 10.1 Å². The Balaban J connectivity index is 0.000000111. The number of para-hydroxylation sites is 4. The lowest BCUT2D eigenvalue weighted by molar-refractivity contribution is 1.18. The van der Waals surface area contributed by atoms with Gasteiger partial charge in [0.05, 0.1) is 44.3 Å². The van der Waals surface area contributed by atoms with Crippen molar-refractivity contribution < 1.29 is 5.48 Å². The highest BCUT2D eigenvalue weighted by molar-refractivity contribution is 7.28. The monoisotopic (exact) mass is 1720 g/mol. The highest BCUT2D eigenvalue weighted by atomic mass is 32.1. The van der Waals surface area contributed by atoms with Crippen molar-refractivity contribution in [3.05, 3.63) is 473 Å². The topological polar surface area (TPSA) is 18.0 Å². The Bertz CT molecular complexity index is 9620. The van der Waals surface area contributed by atoms with Crippen molar-refractivity contribution >= 4 is 220 Å². The van der Waals surface area contributed by atoms with E-state index in [9.17, 15) is 0 Å². The summed E-state index contributed by atoms with van der Waals surface area (Å²) in [6.45, 7) is 0. The molecule has 0 saturated heterocycles. The van der Waals surface area contributed by atoms with Crippen molar-refractivity contribution in [1.82, 2.24) is 13.7 Å². The van der Waals surface area contributed by atoms with Crippen molar-refractivity contribution in [2.45, 2.75) is 0 Å². The number of benzene rings is 22. The Morgan fingerprint density at radius 3 is 1.28 bits per heavy atom. The fourth-order valence-electron chi connectivity index (χ4n) is 20.6. The highest BCUT2D eigenvalue weighted by Gasteiger charge is 2.27. The van der Waals surface area contributed by atoms with E-state index in [1.54, 1.807) is 0 Å². The number of anilines is 3. The predicted octanol–water partition coefficient (Wildman–Crippen LogP) is 36.2.